The van der Waals surface area contributed by atoms with Crippen LogP contribution in [-0.2, 0) is 4.79 Å². The minimum atomic E-state index is -0.0664. The van der Waals surface area contributed by atoms with Crippen molar-refractivity contribution in [2.75, 3.05) is 38.6 Å². The van der Waals surface area contributed by atoms with E-state index in [0.29, 0.717) is 35.5 Å². The molecular weight excluding hydrogens is 278 g/mol. The third-order valence-corrected chi connectivity index (χ3v) is 3.74. The lowest BCUT2D eigenvalue weighted by Crippen LogP contribution is -2.32. The molecule has 0 saturated carbocycles. The molecular formula is C14H20ClN3O2. The molecule has 1 aliphatic rings. The first-order valence-electron chi connectivity index (χ1n) is 6.68. The number of hydrogen-bond acceptors (Lipinski definition) is 4. The Morgan fingerprint density at radius 1 is 1.60 bits per heavy atom. The van der Waals surface area contributed by atoms with Gasteiger partial charge in [0.25, 0.3) is 0 Å². The number of anilines is 1. The molecule has 0 bridgehead atoms. The van der Waals surface area contributed by atoms with Crippen LogP contribution in [0.3, 0.4) is 0 Å². The number of methoxy groups -OCH3 is 1. The van der Waals surface area contributed by atoms with Crippen molar-refractivity contribution >= 4 is 23.2 Å². The number of carbonyl (C=O) groups excluding carboxylic acids is 1. The third kappa shape index (κ3) is 3.85. The number of nitrogens with two attached hydrogens (primary N) is 1. The van der Waals surface area contributed by atoms with Crippen molar-refractivity contribution in [1.29, 1.82) is 0 Å². The highest BCUT2D eigenvalue weighted by Gasteiger charge is 2.23. The average molecular weight is 298 g/mol. The van der Waals surface area contributed by atoms with Gasteiger partial charge in [0.2, 0.25) is 5.91 Å². The van der Waals surface area contributed by atoms with E-state index in [-0.39, 0.29) is 5.91 Å². The summed E-state index contributed by atoms with van der Waals surface area (Å²) in [5.41, 5.74) is 6.24. The second kappa shape index (κ2) is 6.92. The third-order valence-electron chi connectivity index (χ3n) is 3.51. The number of nitrogens with zero attached hydrogens (tertiary/aromatic N) is 1. The lowest BCUT2D eigenvalue weighted by atomic mass is 10.1. The maximum absolute atomic E-state index is 12.1. The summed E-state index contributed by atoms with van der Waals surface area (Å²) in [5, 5.41) is 3.40. The van der Waals surface area contributed by atoms with Crippen molar-refractivity contribution in [3.63, 3.8) is 0 Å². The van der Waals surface area contributed by atoms with Crippen molar-refractivity contribution < 1.29 is 9.53 Å². The van der Waals surface area contributed by atoms with Gasteiger partial charge in [0.1, 0.15) is 5.75 Å². The van der Waals surface area contributed by atoms with Crippen LogP contribution in [0.4, 0.5) is 5.69 Å². The first-order valence-corrected chi connectivity index (χ1v) is 7.06. The van der Waals surface area contributed by atoms with Gasteiger partial charge < -0.3 is 15.8 Å². The number of likely N-dealkylation sites (tertiary alicyclic amines) is 1. The summed E-state index contributed by atoms with van der Waals surface area (Å²) in [6.45, 7) is 2.85. The summed E-state index contributed by atoms with van der Waals surface area (Å²) in [7, 11) is 1.56. The van der Waals surface area contributed by atoms with Gasteiger partial charge in [-0.15, -0.1) is 0 Å². The summed E-state index contributed by atoms with van der Waals surface area (Å²) < 4.78 is 5.20. The molecule has 1 unspecified atom stereocenters. The fraction of sp³-hybridized carbons (Fsp3) is 0.500. The first kappa shape index (κ1) is 15.1. The highest BCUT2D eigenvalue weighted by Crippen LogP contribution is 2.27. The maximum Gasteiger partial charge on any atom is 0.238 e. The molecule has 1 atom stereocenters. The zero-order valence-corrected chi connectivity index (χ0v) is 12.3. The maximum atomic E-state index is 12.1. The molecule has 2 rings (SSSR count). The molecule has 1 aliphatic heterocycles. The molecule has 0 aromatic heterocycles. The van der Waals surface area contributed by atoms with Crippen LogP contribution >= 0.6 is 11.6 Å². The molecule has 5 nitrogen and oxygen atoms in total. The Bertz CT molecular complexity index is 481. The lowest BCUT2D eigenvalue weighted by Gasteiger charge is -2.16. The van der Waals surface area contributed by atoms with E-state index in [1.807, 2.05) is 0 Å². The summed E-state index contributed by atoms with van der Waals surface area (Å²) in [4.78, 5) is 14.2. The number of carbonyl (C=O) groups is 1. The van der Waals surface area contributed by atoms with Gasteiger partial charge in [-0.2, -0.15) is 0 Å². The van der Waals surface area contributed by atoms with Gasteiger partial charge in [0, 0.05) is 11.6 Å². The van der Waals surface area contributed by atoms with E-state index in [2.05, 4.69) is 10.2 Å². The number of halogens is 1. The summed E-state index contributed by atoms with van der Waals surface area (Å²) in [6, 6.07) is 5.14. The number of benzene rings is 1. The number of nitrogens with one attached hydrogen (secondary N) is 1. The average Bonchev–Trinajstić information content (AvgIpc) is 2.86. The van der Waals surface area contributed by atoms with Crippen molar-refractivity contribution in [2.45, 2.75) is 6.42 Å². The van der Waals surface area contributed by atoms with E-state index in [4.69, 9.17) is 22.1 Å². The number of ether oxygens (including phenoxy) is 1. The van der Waals surface area contributed by atoms with E-state index >= 15 is 0 Å². The molecule has 1 fully saturated rings. The SMILES string of the molecule is COc1ccc(Cl)cc1NC(=O)CN1CCC(CN)C1. The van der Waals surface area contributed by atoms with Crippen LogP contribution in [0.15, 0.2) is 18.2 Å². The van der Waals surface area contributed by atoms with Gasteiger partial charge in [-0.25, -0.2) is 0 Å². The van der Waals surface area contributed by atoms with Gasteiger partial charge in [0.05, 0.1) is 19.3 Å². The van der Waals surface area contributed by atoms with Crippen molar-refractivity contribution in [2.24, 2.45) is 11.7 Å². The molecule has 6 heteroatoms. The molecule has 110 valence electrons. The smallest absolute Gasteiger partial charge is 0.238 e. The van der Waals surface area contributed by atoms with Gasteiger partial charge in [-0.05, 0) is 43.6 Å². The topological polar surface area (TPSA) is 67.6 Å². The van der Waals surface area contributed by atoms with Crippen LogP contribution < -0.4 is 15.8 Å². The second-order valence-electron chi connectivity index (χ2n) is 5.02. The number of hydrogen-bond donors (Lipinski definition) is 2. The van der Waals surface area contributed by atoms with Crippen LogP contribution in [0.5, 0.6) is 5.75 Å². The molecule has 0 aliphatic carbocycles. The molecule has 1 saturated heterocycles. The van der Waals surface area contributed by atoms with Crippen LogP contribution in [-0.4, -0.2) is 44.1 Å². The molecule has 1 aromatic rings. The quantitative estimate of drug-likeness (QED) is 0.866. The normalized spacial score (nSPS) is 19.1. The zero-order valence-electron chi connectivity index (χ0n) is 11.6. The summed E-state index contributed by atoms with van der Waals surface area (Å²) in [6.07, 6.45) is 1.06. The predicted molar refractivity (Wildman–Crippen MR) is 80.2 cm³/mol. The van der Waals surface area contributed by atoms with E-state index < -0.39 is 0 Å². The van der Waals surface area contributed by atoms with Crippen molar-refractivity contribution in [1.82, 2.24) is 4.90 Å². The van der Waals surface area contributed by atoms with Crippen LogP contribution in [0.2, 0.25) is 5.02 Å². The molecule has 1 heterocycles. The van der Waals surface area contributed by atoms with Gasteiger partial charge in [-0.1, -0.05) is 11.6 Å². The molecule has 0 spiro atoms. The minimum Gasteiger partial charge on any atom is -0.495 e. The molecule has 1 amide bonds. The summed E-state index contributed by atoms with van der Waals surface area (Å²) >= 11 is 5.93. The Balaban J connectivity index is 1.93. The first-order chi connectivity index (χ1) is 9.62. The molecule has 3 N–H and O–H groups in total. The van der Waals surface area contributed by atoms with Crippen LogP contribution in [0, 0.1) is 5.92 Å². The van der Waals surface area contributed by atoms with E-state index in [1.54, 1.807) is 25.3 Å². The molecule has 0 radical (unpaired) electrons. The standard InChI is InChI=1S/C14H20ClN3O2/c1-20-13-3-2-11(15)6-12(13)17-14(19)9-18-5-4-10(7-16)8-18/h2-3,6,10H,4-5,7-9,16H2,1H3,(H,17,19). The highest BCUT2D eigenvalue weighted by atomic mass is 35.5. The molecule has 20 heavy (non-hydrogen) atoms. The second-order valence-corrected chi connectivity index (χ2v) is 5.45. The Labute approximate surface area is 124 Å². The van der Waals surface area contributed by atoms with Gasteiger partial charge in [-0.3, -0.25) is 9.69 Å². The van der Waals surface area contributed by atoms with Crippen molar-refractivity contribution in [3.05, 3.63) is 23.2 Å². The zero-order chi connectivity index (χ0) is 14.5. The van der Waals surface area contributed by atoms with E-state index in [9.17, 15) is 4.79 Å². The number of amides is 1. The highest BCUT2D eigenvalue weighted by molar-refractivity contribution is 6.31. The van der Waals surface area contributed by atoms with Crippen LogP contribution in [0.1, 0.15) is 6.42 Å². The van der Waals surface area contributed by atoms with E-state index in [1.165, 1.54) is 0 Å². The fourth-order valence-electron chi connectivity index (χ4n) is 2.42. The van der Waals surface area contributed by atoms with Crippen LogP contribution in [0.25, 0.3) is 0 Å². The Morgan fingerprint density at radius 2 is 2.40 bits per heavy atom. The van der Waals surface area contributed by atoms with Gasteiger partial charge in [0.15, 0.2) is 0 Å². The summed E-state index contributed by atoms with van der Waals surface area (Å²) in [5.74, 6) is 1.04. The Hall–Kier alpha value is -1.30. The Kier molecular flexibility index (Phi) is 5.23. The van der Waals surface area contributed by atoms with Crippen molar-refractivity contribution in [3.8, 4) is 5.75 Å². The Morgan fingerprint density at radius 3 is 3.05 bits per heavy atom. The van der Waals surface area contributed by atoms with Gasteiger partial charge >= 0.3 is 0 Å². The largest absolute Gasteiger partial charge is 0.495 e. The number of rotatable bonds is 5. The lowest BCUT2D eigenvalue weighted by molar-refractivity contribution is -0.117. The predicted octanol–water partition coefficient (Wildman–Crippen LogP) is 1.57. The van der Waals surface area contributed by atoms with E-state index in [0.717, 1.165) is 19.5 Å². The monoisotopic (exact) mass is 297 g/mol. The fourth-order valence-corrected chi connectivity index (χ4v) is 2.59. The molecule has 1 aromatic carbocycles. The minimum absolute atomic E-state index is 0.0664.